The van der Waals surface area contributed by atoms with Crippen LogP contribution in [0.3, 0.4) is 0 Å². The number of hydrogen-bond donors (Lipinski definition) is 0. The molecular formula is C20H18N2O3S. The van der Waals surface area contributed by atoms with Crippen LogP contribution in [-0.4, -0.2) is 28.3 Å². The largest absolute Gasteiger partial charge is 0.455 e. The molecule has 0 radical (unpaired) electrons. The molecule has 1 fully saturated rings. The molecule has 26 heavy (non-hydrogen) atoms. The van der Waals surface area contributed by atoms with Crippen molar-refractivity contribution in [2.75, 3.05) is 6.54 Å². The second-order valence-electron chi connectivity index (χ2n) is 6.27. The molecule has 0 atom stereocenters. The van der Waals surface area contributed by atoms with Crippen LogP contribution in [0.4, 0.5) is 0 Å². The number of nitrogens with zero attached hydrogens (tertiary/aromatic N) is 2. The molecule has 132 valence electrons. The lowest BCUT2D eigenvalue weighted by Gasteiger charge is -2.15. The number of carbonyl (C=O) groups excluding carboxylic acids is 2. The van der Waals surface area contributed by atoms with Gasteiger partial charge < -0.3 is 9.64 Å². The third-order valence-electron chi connectivity index (χ3n) is 4.37. The minimum Gasteiger partial charge on any atom is -0.455 e. The maximum Gasteiger partial charge on any atom is 0.338 e. The van der Waals surface area contributed by atoms with Gasteiger partial charge in [-0.25, -0.2) is 9.78 Å². The first-order chi connectivity index (χ1) is 12.7. The predicted molar refractivity (Wildman–Crippen MR) is 99.8 cm³/mol. The number of benzene rings is 2. The van der Waals surface area contributed by atoms with Crippen molar-refractivity contribution in [1.82, 2.24) is 9.88 Å². The van der Waals surface area contributed by atoms with Crippen LogP contribution in [0.5, 0.6) is 0 Å². The standard InChI is InChI=1S/C20H18N2O3S/c23-19-9-4-10-22(19)12-14-5-3-6-15(11-14)20(24)25-13-18-21-16-7-1-2-8-17(16)26-18/h1-3,5-8,11H,4,9-10,12-13H2. The van der Waals surface area contributed by atoms with Gasteiger partial charge in [0.05, 0.1) is 15.8 Å². The summed E-state index contributed by atoms with van der Waals surface area (Å²) >= 11 is 1.53. The van der Waals surface area contributed by atoms with Crippen LogP contribution in [0.1, 0.15) is 33.8 Å². The Hall–Kier alpha value is -2.73. The van der Waals surface area contributed by atoms with Crippen molar-refractivity contribution in [2.24, 2.45) is 0 Å². The number of likely N-dealkylation sites (tertiary alicyclic amines) is 1. The van der Waals surface area contributed by atoms with E-state index in [2.05, 4.69) is 4.98 Å². The Bertz CT molecular complexity index is 933. The van der Waals surface area contributed by atoms with E-state index < -0.39 is 0 Å². The number of aromatic nitrogens is 1. The number of esters is 1. The minimum atomic E-state index is -0.376. The highest BCUT2D eigenvalue weighted by atomic mass is 32.1. The lowest BCUT2D eigenvalue weighted by atomic mass is 10.1. The molecule has 0 aliphatic carbocycles. The van der Waals surface area contributed by atoms with E-state index in [1.54, 1.807) is 12.1 Å². The summed E-state index contributed by atoms with van der Waals surface area (Å²) in [5.41, 5.74) is 2.35. The molecule has 0 unspecified atom stereocenters. The zero-order valence-corrected chi connectivity index (χ0v) is 15.0. The number of amides is 1. The van der Waals surface area contributed by atoms with Crippen molar-refractivity contribution in [1.29, 1.82) is 0 Å². The van der Waals surface area contributed by atoms with Crippen LogP contribution in [-0.2, 0) is 22.7 Å². The second kappa shape index (κ2) is 7.25. The summed E-state index contributed by atoms with van der Waals surface area (Å²) in [5.74, 6) is -0.201. The Balaban J connectivity index is 1.41. The predicted octanol–water partition coefficient (Wildman–Crippen LogP) is 3.78. The van der Waals surface area contributed by atoms with Crippen LogP contribution in [0.15, 0.2) is 48.5 Å². The molecule has 1 amide bonds. The monoisotopic (exact) mass is 366 g/mol. The summed E-state index contributed by atoms with van der Waals surface area (Å²) < 4.78 is 6.50. The summed E-state index contributed by atoms with van der Waals surface area (Å²) in [6.45, 7) is 1.48. The lowest BCUT2D eigenvalue weighted by molar-refractivity contribution is -0.128. The maximum atomic E-state index is 12.4. The van der Waals surface area contributed by atoms with Crippen molar-refractivity contribution >= 4 is 33.4 Å². The summed E-state index contributed by atoms with van der Waals surface area (Å²) in [6.07, 6.45) is 1.52. The Labute approximate surface area is 155 Å². The Morgan fingerprint density at radius 3 is 2.88 bits per heavy atom. The SMILES string of the molecule is O=C(OCc1nc2ccccc2s1)c1cccc(CN2CCCC2=O)c1. The van der Waals surface area contributed by atoms with Gasteiger partial charge >= 0.3 is 5.97 Å². The van der Waals surface area contributed by atoms with Gasteiger partial charge in [0.2, 0.25) is 5.91 Å². The number of rotatable bonds is 5. The van der Waals surface area contributed by atoms with E-state index in [0.29, 0.717) is 18.5 Å². The van der Waals surface area contributed by atoms with Gasteiger partial charge in [-0.3, -0.25) is 4.79 Å². The highest BCUT2D eigenvalue weighted by molar-refractivity contribution is 7.18. The first-order valence-electron chi connectivity index (χ1n) is 8.57. The molecule has 0 N–H and O–H groups in total. The molecule has 0 spiro atoms. The molecule has 0 saturated carbocycles. The van der Waals surface area contributed by atoms with E-state index in [-0.39, 0.29) is 18.5 Å². The zero-order valence-electron chi connectivity index (χ0n) is 14.2. The molecule has 1 saturated heterocycles. The molecule has 4 rings (SSSR count). The topological polar surface area (TPSA) is 59.5 Å². The van der Waals surface area contributed by atoms with Gasteiger partial charge in [0.25, 0.3) is 0 Å². The molecule has 1 aliphatic rings. The van der Waals surface area contributed by atoms with Gasteiger partial charge in [-0.15, -0.1) is 11.3 Å². The summed E-state index contributed by atoms with van der Waals surface area (Å²) in [7, 11) is 0. The van der Waals surface area contributed by atoms with E-state index in [1.807, 2.05) is 41.3 Å². The molecular weight excluding hydrogens is 348 g/mol. The van der Waals surface area contributed by atoms with E-state index in [1.165, 1.54) is 11.3 Å². The lowest BCUT2D eigenvalue weighted by Crippen LogP contribution is -2.23. The zero-order chi connectivity index (χ0) is 17.9. The van der Waals surface area contributed by atoms with Crippen molar-refractivity contribution in [2.45, 2.75) is 26.0 Å². The van der Waals surface area contributed by atoms with Gasteiger partial charge in [-0.05, 0) is 36.2 Å². The first-order valence-corrected chi connectivity index (χ1v) is 9.39. The Morgan fingerprint density at radius 2 is 2.08 bits per heavy atom. The number of hydrogen-bond acceptors (Lipinski definition) is 5. The van der Waals surface area contributed by atoms with Crippen molar-refractivity contribution in [3.8, 4) is 0 Å². The van der Waals surface area contributed by atoms with E-state index in [0.717, 1.165) is 33.8 Å². The summed E-state index contributed by atoms with van der Waals surface area (Å²) in [5, 5.41) is 0.776. The molecule has 2 aromatic carbocycles. The van der Waals surface area contributed by atoms with Gasteiger partial charge in [-0.1, -0.05) is 24.3 Å². The summed E-state index contributed by atoms with van der Waals surface area (Å²) in [6, 6.07) is 15.1. The van der Waals surface area contributed by atoms with Crippen LogP contribution in [0.25, 0.3) is 10.2 Å². The Morgan fingerprint density at radius 1 is 1.19 bits per heavy atom. The quantitative estimate of drug-likeness (QED) is 0.645. The fraction of sp³-hybridized carbons (Fsp3) is 0.250. The van der Waals surface area contributed by atoms with Crippen molar-refractivity contribution in [3.63, 3.8) is 0 Å². The molecule has 1 aromatic heterocycles. The third kappa shape index (κ3) is 3.60. The van der Waals surface area contributed by atoms with Crippen molar-refractivity contribution in [3.05, 3.63) is 64.7 Å². The van der Waals surface area contributed by atoms with E-state index >= 15 is 0 Å². The highest BCUT2D eigenvalue weighted by Crippen LogP contribution is 2.22. The number of thiazole rings is 1. The highest BCUT2D eigenvalue weighted by Gasteiger charge is 2.20. The molecule has 5 nitrogen and oxygen atoms in total. The second-order valence-corrected chi connectivity index (χ2v) is 7.39. The molecule has 3 aromatic rings. The number of ether oxygens (including phenoxy) is 1. The van der Waals surface area contributed by atoms with E-state index in [9.17, 15) is 9.59 Å². The fourth-order valence-corrected chi connectivity index (χ4v) is 3.96. The number of carbonyl (C=O) groups is 2. The molecule has 1 aliphatic heterocycles. The smallest absolute Gasteiger partial charge is 0.338 e. The van der Waals surface area contributed by atoms with E-state index in [4.69, 9.17) is 4.74 Å². The fourth-order valence-electron chi connectivity index (χ4n) is 3.08. The molecule has 2 heterocycles. The van der Waals surface area contributed by atoms with Gasteiger partial charge in [0, 0.05) is 19.5 Å². The number of para-hydroxylation sites is 1. The average molecular weight is 366 g/mol. The minimum absolute atomic E-state index is 0.160. The average Bonchev–Trinajstić information content (AvgIpc) is 3.26. The van der Waals surface area contributed by atoms with Gasteiger partial charge in [-0.2, -0.15) is 0 Å². The van der Waals surface area contributed by atoms with Gasteiger partial charge in [0.15, 0.2) is 0 Å². The van der Waals surface area contributed by atoms with Crippen LogP contribution in [0.2, 0.25) is 0 Å². The van der Waals surface area contributed by atoms with Crippen LogP contribution >= 0.6 is 11.3 Å². The van der Waals surface area contributed by atoms with Gasteiger partial charge in [0.1, 0.15) is 11.6 Å². The number of fused-ring (bicyclic) bond motifs is 1. The molecule has 0 bridgehead atoms. The molecule has 6 heteroatoms. The normalized spacial score (nSPS) is 14.2. The third-order valence-corrected chi connectivity index (χ3v) is 5.38. The van der Waals surface area contributed by atoms with Crippen LogP contribution < -0.4 is 0 Å². The summed E-state index contributed by atoms with van der Waals surface area (Å²) in [4.78, 5) is 30.4. The van der Waals surface area contributed by atoms with Crippen LogP contribution in [0, 0.1) is 0 Å². The Kier molecular flexibility index (Phi) is 4.67. The van der Waals surface area contributed by atoms with Crippen molar-refractivity contribution < 1.29 is 14.3 Å². The first kappa shape index (κ1) is 16.7. The maximum absolute atomic E-state index is 12.4.